The van der Waals surface area contributed by atoms with Gasteiger partial charge in [0.15, 0.2) is 0 Å². The van der Waals surface area contributed by atoms with E-state index in [1.807, 2.05) is 19.1 Å². The van der Waals surface area contributed by atoms with Gasteiger partial charge in [-0.15, -0.1) is 0 Å². The Labute approximate surface area is 145 Å². The van der Waals surface area contributed by atoms with E-state index in [1.165, 1.54) is 12.1 Å². The highest BCUT2D eigenvalue weighted by Crippen LogP contribution is 2.19. The number of para-hydroxylation sites is 1. The Balaban J connectivity index is 2.00. The van der Waals surface area contributed by atoms with E-state index in [0.717, 1.165) is 11.8 Å². The second-order valence-electron chi connectivity index (χ2n) is 5.56. The number of halogens is 1. The number of rotatable bonds is 7. The van der Waals surface area contributed by atoms with Crippen LogP contribution < -0.4 is 10.6 Å². The lowest BCUT2D eigenvalue weighted by Crippen LogP contribution is -2.32. The van der Waals surface area contributed by atoms with Crippen LogP contribution in [0.1, 0.15) is 24.2 Å². The summed E-state index contributed by atoms with van der Waals surface area (Å²) in [7, 11) is 0. The molecule has 0 saturated heterocycles. The molecule has 2 unspecified atom stereocenters. The summed E-state index contributed by atoms with van der Waals surface area (Å²) in [5, 5.41) is 27.2. The number of carbonyl (C=O) groups is 1. The first-order valence-electron chi connectivity index (χ1n) is 7.74. The maximum atomic E-state index is 13.0. The Morgan fingerprint density at radius 3 is 2.60 bits per heavy atom. The van der Waals surface area contributed by atoms with Gasteiger partial charge < -0.3 is 20.9 Å². The molecule has 7 heteroatoms. The molecule has 2 aromatic carbocycles. The van der Waals surface area contributed by atoms with Gasteiger partial charge in [0, 0.05) is 18.3 Å². The minimum absolute atomic E-state index is 0.298. The molecular weight excluding hydrogens is 325 g/mol. The van der Waals surface area contributed by atoms with Crippen molar-refractivity contribution in [3.63, 3.8) is 0 Å². The van der Waals surface area contributed by atoms with Crippen molar-refractivity contribution in [1.29, 1.82) is 0 Å². The number of carbonyl (C=O) groups excluding carboxylic acids is 1. The van der Waals surface area contributed by atoms with Crippen LogP contribution >= 0.6 is 0 Å². The standard InChI is InChI=1S/C18H20FN3O3/c1-12(18(24)13-6-8-15(19)9-7-13)20-10-14-4-2-3-5-16(14)22-17(23)11-21-25/h2-9,11-12,18,20,24-25H,10H2,1H3,(H,22,23). The smallest absolute Gasteiger partial charge is 0.270 e. The summed E-state index contributed by atoms with van der Waals surface area (Å²) < 4.78 is 13.0. The highest BCUT2D eigenvalue weighted by molar-refractivity contribution is 6.31. The van der Waals surface area contributed by atoms with Gasteiger partial charge in [-0.05, 0) is 36.2 Å². The minimum atomic E-state index is -0.802. The number of aliphatic hydroxyl groups is 1. The van der Waals surface area contributed by atoms with Crippen LogP contribution in [-0.2, 0) is 11.3 Å². The molecule has 0 heterocycles. The van der Waals surface area contributed by atoms with Gasteiger partial charge in [-0.2, -0.15) is 0 Å². The molecule has 2 atom stereocenters. The summed E-state index contributed by atoms with van der Waals surface area (Å²) in [6.45, 7) is 2.21. The Kier molecular flexibility index (Phi) is 6.62. The molecule has 2 rings (SSSR count). The molecular formula is C18H20FN3O3. The molecule has 0 bridgehead atoms. The van der Waals surface area contributed by atoms with E-state index in [9.17, 15) is 14.3 Å². The molecule has 4 N–H and O–H groups in total. The van der Waals surface area contributed by atoms with Crippen molar-refractivity contribution in [1.82, 2.24) is 5.32 Å². The highest BCUT2D eigenvalue weighted by Gasteiger charge is 2.16. The molecule has 6 nitrogen and oxygen atoms in total. The number of aliphatic hydroxyl groups excluding tert-OH is 1. The monoisotopic (exact) mass is 345 g/mol. The first-order chi connectivity index (χ1) is 12.0. The van der Waals surface area contributed by atoms with Crippen molar-refractivity contribution in [2.45, 2.75) is 25.6 Å². The van der Waals surface area contributed by atoms with Crippen molar-refractivity contribution in [2.24, 2.45) is 5.16 Å². The normalized spacial score (nSPS) is 13.6. The van der Waals surface area contributed by atoms with E-state index >= 15 is 0 Å². The number of nitrogens with zero attached hydrogens (tertiary/aromatic N) is 1. The van der Waals surface area contributed by atoms with Gasteiger partial charge in [-0.25, -0.2) is 4.39 Å². The average molecular weight is 345 g/mol. The first kappa shape index (κ1) is 18.6. The zero-order valence-electron chi connectivity index (χ0n) is 13.7. The second kappa shape index (κ2) is 8.91. The molecule has 0 aromatic heterocycles. The topological polar surface area (TPSA) is 94.0 Å². The molecule has 0 spiro atoms. The highest BCUT2D eigenvalue weighted by atomic mass is 19.1. The van der Waals surface area contributed by atoms with Crippen molar-refractivity contribution < 1.29 is 19.5 Å². The van der Waals surface area contributed by atoms with Crippen LogP contribution in [0.15, 0.2) is 53.7 Å². The zero-order chi connectivity index (χ0) is 18.2. The third kappa shape index (κ3) is 5.37. The number of oxime groups is 1. The second-order valence-corrected chi connectivity index (χ2v) is 5.56. The third-order valence-corrected chi connectivity index (χ3v) is 3.75. The van der Waals surface area contributed by atoms with Crippen LogP contribution in [0.3, 0.4) is 0 Å². The predicted molar refractivity (Wildman–Crippen MR) is 93.0 cm³/mol. The fraction of sp³-hybridized carbons (Fsp3) is 0.222. The van der Waals surface area contributed by atoms with Gasteiger partial charge in [0.2, 0.25) is 0 Å². The van der Waals surface area contributed by atoms with Gasteiger partial charge in [-0.1, -0.05) is 35.5 Å². The van der Waals surface area contributed by atoms with Crippen LogP contribution in [0.4, 0.5) is 10.1 Å². The summed E-state index contributed by atoms with van der Waals surface area (Å²) in [4.78, 5) is 11.5. The summed E-state index contributed by atoms with van der Waals surface area (Å²) in [5.74, 6) is -0.901. The number of nitrogens with one attached hydrogen (secondary N) is 2. The SMILES string of the molecule is CC(NCc1ccccc1NC(=O)C=NO)C(O)c1ccc(F)cc1. The lowest BCUT2D eigenvalue weighted by atomic mass is 10.0. The lowest BCUT2D eigenvalue weighted by Gasteiger charge is -2.21. The Hall–Kier alpha value is -2.77. The summed E-state index contributed by atoms with van der Waals surface area (Å²) >= 11 is 0. The Morgan fingerprint density at radius 2 is 1.92 bits per heavy atom. The molecule has 0 fully saturated rings. The van der Waals surface area contributed by atoms with Gasteiger partial charge >= 0.3 is 0 Å². The van der Waals surface area contributed by atoms with E-state index in [2.05, 4.69) is 15.8 Å². The number of benzene rings is 2. The van der Waals surface area contributed by atoms with Gasteiger partial charge in [0.1, 0.15) is 12.0 Å². The molecule has 0 radical (unpaired) electrons. The Bertz CT molecular complexity index is 735. The maximum absolute atomic E-state index is 13.0. The minimum Gasteiger partial charge on any atom is -0.411 e. The summed E-state index contributed by atoms with van der Waals surface area (Å²) in [6.07, 6.45) is -0.0330. The number of anilines is 1. The van der Waals surface area contributed by atoms with Gasteiger partial charge in [-0.3, -0.25) is 4.79 Å². The van der Waals surface area contributed by atoms with E-state index in [0.29, 0.717) is 17.8 Å². The van der Waals surface area contributed by atoms with E-state index in [1.54, 1.807) is 24.3 Å². The van der Waals surface area contributed by atoms with E-state index in [-0.39, 0.29) is 11.9 Å². The fourth-order valence-corrected chi connectivity index (χ4v) is 2.35. The van der Waals surface area contributed by atoms with Crippen molar-refractivity contribution in [3.8, 4) is 0 Å². The predicted octanol–water partition coefficient (Wildman–Crippen LogP) is 2.44. The quantitative estimate of drug-likeness (QED) is 0.352. The molecule has 0 saturated carbocycles. The van der Waals surface area contributed by atoms with Crippen LogP contribution in [0, 0.1) is 5.82 Å². The Morgan fingerprint density at radius 1 is 1.24 bits per heavy atom. The molecule has 0 aliphatic carbocycles. The van der Waals surface area contributed by atoms with Crippen molar-refractivity contribution in [2.75, 3.05) is 5.32 Å². The van der Waals surface area contributed by atoms with Crippen LogP contribution in [0.25, 0.3) is 0 Å². The molecule has 25 heavy (non-hydrogen) atoms. The lowest BCUT2D eigenvalue weighted by molar-refractivity contribution is -0.110. The number of hydrogen-bond donors (Lipinski definition) is 4. The molecule has 1 amide bonds. The molecule has 0 aliphatic heterocycles. The third-order valence-electron chi connectivity index (χ3n) is 3.75. The van der Waals surface area contributed by atoms with Crippen LogP contribution in [0.2, 0.25) is 0 Å². The first-order valence-corrected chi connectivity index (χ1v) is 7.74. The zero-order valence-corrected chi connectivity index (χ0v) is 13.7. The van der Waals surface area contributed by atoms with E-state index < -0.39 is 12.0 Å². The van der Waals surface area contributed by atoms with E-state index in [4.69, 9.17) is 5.21 Å². The molecule has 0 aliphatic rings. The van der Waals surface area contributed by atoms with Crippen LogP contribution in [-0.4, -0.2) is 28.5 Å². The number of amides is 1. The molecule has 2 aromatic rings. The number of hydrogen-bond acceptors (Lipinski definition) is 5. The summed E-state index contributed by atoms with van der Waals surface area (Å²) in [5.41, 5.74) is 1.99. The van der Waals surface area contributed by atoms with Gasteiger partial charge in [0.25, 0.3) is 5.91 Å². The van der Waals surface area contributed by atoms with Crippen molar-refractivity contribution >= 4 is 17.8 Å². The largest absolute Gasteiger partial charge is 0.411 e. The van der Waals surface area contributed by atoms with Crippen LogP contribution in [0.5, 0.6) is 0 Å². The van der Waals surface area contributed by atoms with Crippen molar-refractivity contribution in [3.05, 3.63) is 65.5 Å². The van der Waals surface area contributed by atoms with Gasteiger partial charge in [0.05, 0.1) is 6.10 Å². The fourth-order valence-electron chi connectivity index (χ4n) is 2.35. The summed E-state index contributed by atoms with van der Waals surface area (Å²) in [6, 6.07) is 12.5. The average Bonchev–Trinajstić information content (AvgIpc) is 2.61. The molecule has 132 valence electrons. The maximum Gasteiger partial charge on any atom is 0.270 e.